The van der Waals surface area contributed by atoms with Crippen molar-refractivity contribution in [1.29, 1.82) is 0 Å². The Morgan fingerprint density at radius 3 is 2.45 bits per heavy atom. The fraction of sp³-hybridized carbons (Fsp3) is 0.125. The molecule has 1 atom stereocenters. The Balaban J connectivity index is 1.55. The smallest absolute Gasteiger partial charge is 0.166 e. The zero-order valence-electron chi connectivity index (χ0n) is 16.7. The predicted molar refractivity (Wildman–Crippen MR) is 126 cm³/mol. The van der Waals surface area contributed by atoms with E-state index in [2.05, 4.69) is 5.16 Å². The summed E-state index contributed by atoms with van der Waals surface area (Å²) in [6.45, 7) is 0.219. The number of rotatable bonds is 7. The van der Waals surface area contributed by atoms with E-state index in [1.807, 2.05) is 60.7 Å². The Morgan fingerprint density at radius 1 is 0.968 bits per heavy atom. The van der Waals surface area contributed by atoms with Gasteiger partial charge in [-0.3, -0.25) is 4.99 Å². The van der Waals surface area contributed by atoms with E-state index in [1.54, 1.807) is 25.5 Å². The quantitative estimate of drug-likeness (QED) is 0.319. The van der Waals surface area contributed by atoms with E-state index in [0.29, 0.717) is 15.8 Å². The number of hydrogen-bond acceptors (Lipinski definition) is 5. The molecular weight excluding hydrogens is 433 g/mol. The first-order valence-electron chi connectivity index (χ1n) is 9.58. The van der Waals surface area contributed by atoms with Crippen LogP contribution in [-0.4, -0.2) is 24.7 Å². The zero-order valence-corrected chi connectivity index (χ0v) is 18.2. The third kappa shape index (κ3) is 5.13. The van der Waals surface area contributed by atoms with E-state index in [0.717, 1.165) is 28.2 Å². The van der Waals surface area contributed by atoms with Gasteiger partial charge in [-0.25, -0.2) is 4.99 Å². The average Bonchev–Trinajstić information content (AvgIpc) is 3.23. The van der Waals surface area contributed by atoms with Crippen LogP contribution in [0.1, 0.15) is 22.9 Å². The van der Waals surface area contributed by atoms with Crippen LogP contribution in [0.3, 0.4) is 0 Å². The van der Waals surface area contributed by atoms with E-state index >= 15 is 0 Å². The molecule has 0 amide bonds. The summed E-state index contributed by atoms with van der Waals surface area (Å²) >= 11 is 12.1. The third-order valence-electron chi connectivity index (χ3n) is 4.70. The van der Waals surface area contributed by atoms with Crippen LogP contribution in [0.4, 0.5) is 0 Å². The molecule has 7 heteroatoms. The molecule has 3 aromatic carbocycles. The van der Waals surface area contributed by atoms with Crippen LogP contribution < -0.4 is 4.74 Å². The first-order chi connectivity index (χ1) is 15.1. The van der Waals surface area contributed by atoms with Crippen molar-refractivity contribution in [2.75, 3.05) is 7.11 Å². The van der Waals surface area contributed by atoms with Gasteiger partial charge in [0.25, 0.3) is 0 Å². The third-order valence-corrected chi connectivity index (χ3v) is 5.29. The van der Waals surface area contributed by atoms with Crippen LogP contribution in [0.25, 0.3) is 0 Å². The topological polar surface area (TPSA) is 55.5 Å². The van der Waals surface area contributed by atoms with Crippen LogP contribution in [0.2, 0.25) is 10.0 Å². The molecule has 1 heterocycles. The van der Waals surface area contributed by atoms with Crippen molar-refractivity contribution in [1.82, 2.24) is 0 Å². The molecule has 0 aliphatic carbocycles. The molecule has 0 aromatic heterocycles. The van der Waals surface area contributed by atoms with Crippen molar-refractivity contribution in [3.8, 4) is 5.75 Å². The number of ether oxygens (including phenoxy) is 1. The summed E-state index contributed by atoms with van der Waals surface area (Å²) in [7, 11) is 1.64. The van der Waals surface area contributed by atoms with Gasteiger partial charge in [0.05, 0.1) is 19.0 Å². The molecular formula is C24H19Cl2N3O2. The van der Waals surface area contributed by atoms with Gasteiger partial charge in [0.1, 0.15) is 18.1 Å². The molecule has 1 aliphatic heterocycles. The summed E-state index contributed by atoms with van der Waals surface area (Å²) in [5.41, 5.74) is 4.10. The van der Waals surface area contributed by atoms with Crippen LogP contribution in [0.15, 0.2) is 87.9 Å². The summed E-state index contributed by atoms with van der Waals surface area (Å²) in [6, 6.07) is 22.8. The minimum Gasteiger partial charge on any atom is -0.497 e. The van der Waals surface area contributed by atoms with E-state index < -0.39 is 0 Å². The van der Waals surface area contributed by atoms with Crippen molar-refractivity contribution >= 4 is 40.8 Å². The number of aliphatic imine (C=N–C) groups is 2. The van der Waals surface area contributed by atoms with Gasteiger partial charge in [0.15, 0.2) is 6.17 Å². The fourth-order valence-corrected chi connectivity index (χ4v) is 3.55. The van der Waals surface area contributed by atoms with E-state index in [1.165, 1.54) is 0 Å². The zero-order chi connectivity index (χ0) is 21.6. The standard InChI is InChI=1S/C24H19Cl2N3O2/c1-30-20-11-8-16(9-12-20)23-22(28-24(29-23)17-5-3-2-4-6-17)14-27-31-15-18-7-10-19(25)13-21(18)26/h2-14,24H,15H2,1H3/b27-14+. The normalized spacial score (nSPS) is 15.6. The number of hydrogen-bond donors (Lipinski definition) is 0. The van der Waals surface area contributed by atoms with Gasteiger partial charge in [0.2, 0.25) is 0 Å². The average molecular weight is 452 g/mol. The summed E-state index contributed by atoms with van der Waals surface area (Å²) in [6.07, 6.45) is 1.25. The van der Waals surface area contributed by atoms with Gasteiger partial charge >= 0.3 is 0 Å². The molecule has 0 spiro atoms. The molecule has 1 unspecified atom stereocenters. The van der Waals surface area contributed by atoms with E-state index in [-0.39, 0.29) is 12.8 Å². The molecule has 3 aromatic rings. The summed E-state index contributed by atoms with van der Waals surface area (Å²) in [4.78, 5) is 15.0. The first-order valence-corrected chi connectivity index (χ1v) is 10.3. The van der Waals surface area contributed by atoms with Gasteiger partial charge in [-0.1, -0.05) is 64.8 Å². The molecule has 1 aliphatic rings. The van der Waals surface area contributed by atoms with Crippen molar-refractivity contribution in [3.63, 3.8) is 0 Å². The van der Waals surface area contributed by atoms with Gasteiger partial charge in [-0.15, -0.1) is 0 Å². The second-order valence-electron chi connectivity index (χ2n) is 6.75. The highest BCUT2D eigenvalue weighted by atomic mass is 35.5. The molecule has 5 nitrogen and oxygen atoms in total. The molecule has 31 heavy (non-hydrogen) atoms. The highest BCUT2D eigenvalue weighted by Crippen LogP contribution is 2.26. The van der Waals surface area contributed by atoms with Crippen molar-refractivity contribution < 1.29 is 9.57 Å². The second kappa shape index (κ2) is 9.77. The predicted octanol–water partition coefficient (Wildman–Crippen LogP) is 6.15. The Labute approximate surface area is 190 Å². The lowest BCUT2D eigenvalue weighted by atomic mass is 10.1. The maximum Gasteiger partial charge on any atom is 0.166 e. The molecule has 0 saturated heterocycles. The van der Waals surface area contributed by atoms with Crippen LogP contribution >= 0.6 is 23.2 Å². The van der Waals surface area contributed by atoms with Crippen molar-refractivity contribution in [2.24, 2.45) is 15.1 Å². The SMILES string of the molecule is COc1ccc(C2=NC(c3ccccc3)N=C2/C=N/OCc2ccc(Cl)cc2Cl)cc1. The number of benzene rings is 3. The number of methoxy groups -OCH3 is 1. The summed E-state index contributed by atoms with van der Waals surface area (Å²) in [5, 5.41) is 5.20. The van der Waals surface area contributed by atoms with Gasteiger partial charge < -0.3 is 9.57 Å². The number of halogens is 2. The van der Waals surface area contributed by atoms with Gasteiger partial charge in [-0.2, -0.15) is 0 Å². The molecule has 0 saturated carbocycles. The van der Waals surface area contributed by atoms with Crippen LogP contribution in [0.5, 0.6) is 5.75 Å². The fourth-order valence-electron chi connectivity index (χ4n) is 3.08. The molecule has 0 fully saturated rings. The minimum atomic E-state index is -0.328. The van der Waals surface area contributed by atoms with E-state index in [9.17, 15) is 0 Å². The van der Waals surface area contributed by atoms with Crippen molar-refractivity contribution in [3.05, 3.63) is 99.5 Å². The number of nitrogens with zero attached hydrogens (tertiary/aromatic N) is 3. The Kier molecular flexibility index (Phi) is 6.65. The molecule has 0 bridgehead atoms. The minimum absolute atomic E-state index is 0.219. The first kappa shape index (κ1) is 21.1. The molecule has 0 radical (unpaired) electrons. The van der Waals surface area contributed by atoms with E-state index in [4.69, 9.17) is 42.8 Å². The van der Waals surface area contributed by atoms with Gasteiger partial charge in [0, 0.05) is 21.2 Å². The lowest BCUT2D eigenvalue weighted by molar-refractivity contribution is 0.132. The Hall–Kier alpha value is -3.15. The highest BCUT2D eigenvalue weighted by molar-refractivity contribution is 6.67. The molecule has 4 rings (SSSR count). The lowest BCUT2D eigenvalue weighted by Gasteiger charge is -2.05. The summed E-state index contributed by atoms with van der Waals surface area (Å²) < 4.78 is 5.25. The lowest BCUT2D eigenvalue weighted by Crippen LogP contribution is -2.14. The molecule has 156 valence electrons. The van der Waals surface area contributed by atoms with Crippen molar-refractivity contribution in [2.45, 2.75) is 12.8 Å². The Bertz CT molecular complexity index is 1140. The van der Waals surface area contributed by atoms with Crippen LogP contribution in [-0.2, 0) is 11.4 Å². The van der Waals surface area contributed by atoms with Gasteiger partial charge in [-0.05, 0) is 42.0 Å². The largest absolute Gasteiger partial charge is 0.497 e. The Morgan fingerprint density at radius 2 is 1.74 bits per heavy atom. The number of oxime groups is 1. The van der Waals surface area contributed by atoms with Crippen LogP contribution in [0, 0.1) is 0 Å². The maximum atomic E-state index is 6.18. The second-order valence-corrected chi connectivity index (χ2v) is 7.59. The molecule has 0 N–H and O–H groups in total. The summed E-state index contributed by atoms with van der Waals surface area (Å²) in [5.74, 6) is 0.775. The maximum absolute atomic E-state index is 6.18. The monoisotopic (exact) mass is 451 g/mol. The highest BCUT2D eigenvalue weighted by Gasteiger charge is 2.22.